The number of nitrogens with two attached hydrogens (primary N) is 1. The van der Waals surface area contributed by atoms with Gasteiger partial charge in [0.1, 0.15) is 12.4 Å². The van der Waals surface area contributed by atoms with Crippen LogP contribution in [-0.4, -0.2) is 13.1 Å². The lowest BCUT2D eigenvalue weighted by Crippen LogP contribution is -2.02. The molecule has 4 nitrogen and oxygen atoms in total. The zero-order chi connectivity index (χ0) is 14.5. The van der Waals surface area contributed by atoms with Crippen molar-refractivity contribution in [1.29, 1.82) is 0 Å². The molecule has 20 heavy (non-hydrogen) atoms. The van der Waals surface area contributed by atoms with Crippen LogP contribution in [0.2, 0.25) is 0 Å². The van der Waals surface area contributed by atoms with E-state index in [1.54, 1.807) is 12.1 Å². The Balaban J connectivity index is 2.02. The van der Waals surface area contributed by atoms with Crippen LogP contribution < -0.4 is 10.5 Å². The average molecular weight is 271 g/mol. The van der Waals surface area contributed by atoms with E-state index < -0.39 is 0 Å². The van der Waals surface area contributed by atoms with Gasteiger partial charge in [0.15, 0.2) is 0 Å². The summed E-state index contributed by atoms with van der Waals surface area (Å²) in [5.41, 5.74) is 8.92. The van der Waals surface area contributed by atoms with Gasteiger partial charge in [-0.1, -0.05) is 12.1 Å². The van der Waals surface area contributed by atoms with Crippen molar-refractivity contribution in [1.82, 2.24) is 0 Å². The summed E-state index contributed by atoms with van der Waals surface area (Å²) in [6.45, 7) is 2.39. The van der Waals surface area contributed by atoms with Crippen molar-refractivity contribution in [2.75, 3.05) is 12.8 Å². The molecule has 2 rings (SSSR count). The van der Waals surface area contributed by atoms with Gasteiger partial charge in [-0.2, -0.15) is 0 Å². The molecule has 104 valence electrons. The molecule has 0 saturated heterocycles. The minimum absolute atomic E-state index is 0.341. The lowest BCUT2D eigenvalue weighted by atomic mass is 10.1. The monoisotopic (exact) mass is 271 g/mol. The van der Waals surface area contributed by atoms with Crippen LogP contribution in [0.15, 0.2) is 42.5 Å². The number of rotatable bonds is 4. The van der Waals surface area contributed by atoms with Gasteiger partial charge in [-0.15, -0.1) is 0 Å². The summed E-state index contributed by atoms with van der Waals surface area (Å²) in [6.07, 6.45) is 0. The van der Waals surface area contributed by atoms with Crippen molar-refractivity contribution in [3.63, 3.8) is 0 Å². The van der Waals surface area contributed by atoms with Gasteiger partial charge in [-0.3, -0.25) is 0 Å². The molecule has 0 atom stereocenters. The molecule has 2 aromatic rings. The standard InChI is InChI=1S/C16H17NO3/c1-11-9-14(17)7-8-15(11)20-10-12-3-5-13(6-4-12)16(18)19-2/h3-9H,10,17H2,1-2H3. The van der Waals surface area contributed by atoms with Gasteiger partial charge in [0, 0.05) is 5.69 Å². The zero-order valence-corrected chi connectivity index (χ0v) is 11.6. The quantitative estimate of drug-likeness (QED) is 0.686. The second-order valence-corrected chi connectivity index (χ2v) is 4.50. The first-order valence-corrected chi connectivity index (χ1v) is 6.26. The van der Waals surface area contributed by atoms with E-state index >= 15 is 0 Å². The van der Waals surface area contributed by atoms with E-state index in [4.69, 9.17) is 10.5 Å². The first kappa shape index (κ1) is 13.9. The van der Waals surface area contributed by atoms with Crippen LogP contribution in [0.4, 0.5) is 5.69 Å². The van der Waals surface area contributed by atoms with Crippen LogP contribution in [0.3, 0.4) is 0 Å². The van der Waals surface area contributed by atoms with Crippen molar-refractivity contribution in [2.24, 2.45) is 0 Å². The summed E-state index contributed by atoms with van der Waals surface area (Å²) in [6, 6.07) is 12.7. The highest BCUT2D eigenvalue weighted by molar-refractivity contribution is 5.89. The van der Waals surface area contributed by atoms with Gasteiger partial charge in [-0.25, -0.2) is 4.79 Å². The summed E-state index contributed by atoms with van der Waals surface area (Å²) in [5.74, 6) is 0.461. The van der Waals surface area contributed by atoms with Crippen LogP contribution >= 0.6 is 0 Å². The molecule has 0 heterocycles. The second kappa shape index (κ2) is 6.10. The predicted molar refractivity (Wildman–Crippen MR) is 77.7 cm³/mol. The Hall–Kier alpha value is -2.49. The molecule has 0 spiro atoms. The van der Waals surface area contributed by atoms with E-state index in [-0.39, 0.29) is 5.97 Å². The molecule has 0 aromatic heterocycles. The molecule has 0 saturated carbocycles. The number of esters is 1. The summed E-state index contributed by atoms with van der Waals surface area (Å²) in [5, 5.41) is 0. The van der Waals surface area contributed by atoms with E-state index in [1.807, 2.05) is 37.3 Å². The first-order valence-electron chi connectivity index (χ1n) is 6.26. The van der Waals surface area contributed by atoms with Crippen LogP contribution in [0.5, 0.6) is 5.75 Å². The Morgan fingerprint density at radius 3 is 2.45 bits per heavy atom. The fraction of sp³-hybridized carbons (Fsp3) is 0.188. The summed E-state index contributed by atoms with van der Waals surface area (Å²) >= 11 is 0. The van der Waals surface area contributed by atoms with Gasteiger partial charge in [0.05, 0.1) is 12.7 Å². The molecule has 0 radical (unpaired) electrons. The zero-order valence-electron chi connectivity index (χ0n) is 11.6. The van der Waals surface area contributed by atoms with Crippen molar-refractivity contribution in [3.05, 3.63) is 59.2 Å². The molecular weight excluding hydrogens is 254 g/mol. The number of hydrogen-bond acceptors (Lipinski definition) is 4. The maximum absolute atomic E-state index is 11.3. The van der Waals surface area contributed by atoms with E-state index in [9.17, 15) is 4.79 Å². The molecule has 2 N–H and O–H groups in total. The SMILES string of the molecule is COC(=O)c1ccc(COc2ccc(N)cc2C)cc1. The van der Waals surface area contributed by atoms with Crippen LogP contribution in [0.1, 0.15) is 21.5 Å². The highest BCUT2D eigenvalue weighted by Gasteiger charge is 2.05. The molecule has 0 unspecified atom stereocenters. The Labute approximate surface area is 118 Å². The molecule has 2 aromatic carbocycles. The molecular formula is C16H17NO3. The van der Waals surface area contributed by atoms with E-state index in [0.29, 0.717) is 12.2 Å². The van der Waals surface area contributed by atoms with Crippen molar-refractivity contribution >= 4 is 11.7 Å². The van der Waals surface area contributed by atoms with Crippen molar-refractivity contribution in [3.8, 4) is 5.75 Å². The van der Waals surface area contributed by atoms with Crippen LogP contribution in [-0.2, 0) is 11.3 Å². The minimum Gasteiger partial charge on any atom is -0.489 e. The molecule has 0 fully saturated rings. The predicted octanol–water partition coefficient (Wildman–Crippen LogP) is 2.94. The Kier molecular flexibility index (Phi) is 4.25. The number of nitrogen functional groups attached to an aromatic ring is 1. The smallest absolute Gasteiger partial charge is 0.337 e. The summed E-state index contributed by atoms with van der Waals surface area (Å²) in [4.78, 5) is 11.3. The third kappa shape index (κ3) is 3.29. The number of benzene rings is 2. The first-order chi connectivity index (χ1) is 9.60. The average Bonchev–Trinajstić information content (AvgIpc) is 2.46. The highest BCUT2D eigenvalue weighted by atomic mass is 16.5. The number of anilines is 1. The number of aryl methyl sites for hydroxylation is 1. The molecule has 0 aliphatic heterocycles. The van der Waals surface area contributed by atoms with Gasteiger partial charge < -0.3 is 15.2 Å². The highest BCUT2D eigenvalue weighted by Crippen LogP contribution is 2.21. The number of carbonyl (C=O) groups is 1. The normalized spacial score (nSPS) is 10.1. The van der Waals surface area contributed by atoms with Crippen molar-refractivity contribution in [2.45, 2.75) is 13.5 Å². The van der Waals surface area contributed by atoms with Gasteiger partial charge in [0.25, 0.3) is 0 Å². The molecule has 0 bridgehead atoms. The second-order valence-electron chi connectivity index (χ2n) is 4.50. The Bertz CT molecular complexity index is 606. The fourth-order valence-electron chi connectivity index (χ4n) is 1.85. The van der Waals surface area contributed by atoms with Gasteiger partial charge in [0.2, 0.25) is 0 Å². The number of hydrogen-bond donors (Lipinski definition) is 1. The molecule has 4 heteroatoms. The summed E-state index contributed by atoms with van der Waals surface area (Å²) in [7, 11) is 1.36. The van der Waals surface area contributed by atoms with Gasteiger partial charge in [-0.05, 0) is 48.4 Å². The number of ether oxygens (including phenoxy) is 2. The molecule has 0 amide bonds. The van der Waals surface area contributed by atoms with Crippen LogP contribution in [0.25, 0.3) is 0 Å². The Morgan fingerprint density at radius 1 is 1.15 bits per heavy atom. The minimum atomic E-state index is -0.341. The van der Waals surface area contributed by atoms with Crippen LogP contribution in [0, 0.1) is 6.92 Å². The van der Waals surface area contributed by atoms with Gasteiger partial charge >= 0.3 is 5.97 Å². The lowest BCUT2D eigenvalue weighted by molar-refractivity contribution is 0.0600. The van der Waals surface area contributed by atoms with E-state index in [2.05, 4.69) is 4.74 Å². The largest absolute Gasteiger partial charge is 0.489 e. The Morgan fingerprint density at radius 2 is 1.85 bits per heavy atom. The third-order valence-electron chi connectivity index (χ3n) is 2.97. The maximum Gasteiger partial charge on any atom is 0.337 e. The maximum atomic E-state index is 11.3. The fourth-order valence-corrected chi connectivity index (χ4v) is 1.85. The topological polar surface area (TPSA) is 61.5 Å². The molecule has 0 aliphatic rings. The number of carbonyl (C=O) groups excluding carboxylic acids is 1. The van der Waals surface area contributed by atoms with E-state index in [0.717, 1.165) is 22.6 Å². The molecule has 0 aliphatic carbocycles. The third-order valence-corrected chi connectivity index (χ3v) is 2.97. The van der Waals surface area contributed by atoms with Crippen molar-refractivity contribution < 1.29 is 14.3 Å². The number of methoxy groups -OCH3 is 1. The van der Waals surface area contributed by atoms with E-state index in [1.165, 1.54) is 7.11 Å². The lowest BCUT2D eigenvalue weighted by Gasteiger charge is -2.10. The summed E-state index contributed by atoms with van der Waals surface area (Å²) < 4.78 is 10.4.